The normalized spacial score (nSPS) is 9.88. The van der Waals surface area contributed by atoms with E-state index in [2.05, 4.69) is 32.7 Å². The average molecular weight is 476 g/mol. The van der Waals surface area contributed by atoms with Gasteiger partial charge in [-0.3, -0.25) is 9.69 Å². The standard InChI is InChI=1S/C25H41N5O4/c1-2-26-17-11-5-3-4-10-16-24(33)30(21-15-9-8-13-19-28-23-32)25(34)29-20-14-7-6-12-18-27-22-31/h1,3-21H2,(H,29,34). The number of unbranched alkanes of at least 4 members (excludes halogenated alkanes) is 10. The van der Waals surface area contributed by atoms with Crippen molar-refractivity contribution in [3.63, 3.8) is 0 Å². The van der Waals surface area contributed by atoms with E-state index in [4.69, 9.17) is 0 Å². The number of amides is 3. The number of imide groups is 1. The predicted octanol–water partition coefficient (Wildman–Crippen LogP) is 4.51. The van der Waals surface area contributed by atoms with Crippen LogP contribution in [0.4, 0.5) is 4.79 Å². The van der Waals surface area contributed by atoms with E-state index < -0.39 is 0 Å². The summed E-state index contributed by atoms with van der Waals surface area (Å²) in [6, 6.07) is -0.330. The summed E-state index contributed by atoms with van der Waals surface area (Å²) in [7, 11) is 0. The molecule has 34 heavy (non-hydrogen) atoms. The number of urea groups is 1. The van der Waals surface area contributed by atoms with Gasteiger partial charge in [0, 0.05) is 26.1 Å². The maximum absolute atomic E-state index is 12.7. The average Bonchev–Trinajstić information content (AvgIpc) is 2.84. The van der Waals surface area contributed by atoms with Gasteiger partial charge in [-0.2, -0.15) is 0 Å². The van der Waals surface area contributed by atoms with Gasteiger partial charge >= 0.3 is 6.03 Å². The molecule has 0 aromatic carbocycles. The molecule has 0 rings (SSSR count). The summed E-state index contributed by atoms with van der Waals surface area (Å²) in [6.45, 7) is 6.04. The minimum atomic E-state index is -0.330. The van der Waals surface area contributed by atoms with Crippen molar-refractivity contribution >= 4 is 30.0 Å². The molecule has 0 aromatic heterocycles. The van der Waals surface area contributed by atoms with Crippen molar-refractivity contribution < 1.29 is 19.2 Å². The van der Waals surface area contributed by atoms with E-state index in [0.29, 0.717) is 32.6 Å². The highest BCUT2D eigenvalue weighted by molar-refractivity contribution is 5.94. The molecule has 0 heterocycles. The number of nitrogens with zero attached hydrogens (tertiary/aromatic N) is 4. The number of hydrogen-bond donors (Lipinski definition) is 1. The molecule has 0 fully saturated rings. The molecule has 0 aliphatic heterocycles. The van der Waals surface area contributed by atoms with Gasteiger partial charge in [-0.15, -0.1) is 0 Å². The Bertz CT molecular complexity index is 649. The van der Waals surface area contributed by atoms with Crippen molar-refractivity contribution in [1.29, 1.82) is 0 Å². The monoisotopic (exact) mass is 475 g/mol. The molecule has 0 saturated carbocycles. The molecule has 0 aromatic rings. The highest BCUT2D eigenvalue weighted by atomic mass is 16.2. The molecule has 0 spiro atoms. The number of carbonyl (C=O) groups excluding carboxylic acids is 4. The highest BCUT2D eigenvalue weighted by Gasteiger charge is 2.20. The number of nitrogens with one attached hydrogen (secondary N) is 1. The lowest BCUT2D eigenvalue weighted by Crippen LogP contribution is -2.44. The fourth-order valence-electron chi connectivity index (χ4n) is 3.42. The summed E-state index contributed by atoms with van der Waals surface area (Å²) < 4.78 is 0. The Morgan fingerprint density at radius 1 is 0.676 bits per heavy atom. The number of aliphatic imine (C=N–C) groups is 3. The highest BCUT2D eigenvalue weighted by Crippen LogP contribution is 2.10. The molecule has 0 radical (unpaired) electrons. The van der Waals surface area contributed by atoms with E-state index in [9.17, 15) is 19.2 Å². The number of carbonyl (C=O) groups is 2. The first-order valence-electron chi connectivity index (χ1n) is 12.5. The van der Waals surface area contributed by atoms with Gasteiger partial charge in [0.05, 0.1) is 13.1 Å². The minimum Gasteiger partial charge on any atom is -0.338 e. The predicted molar refractivity (Wildman–Crippen MR) is 134 cm³/mol. The van der Waals surface area contributed by atoms with Crippen LogP contribution in [-0.4, -0.2) is 67.6 Å². The zero-order valence-electron chi connectivity index (χ0n) is 20.6. The largest absolute Gasteiger partial charge is 0.338 e. The minimum absolute atomic E-state index is 0.133. The van der Waals surface area contributed by atoms with Crippen LogP contribution in [0.25, 0.3) is 0 Å². The van der Waals surface area contributed by atoms with Crippen LogP contribution in [0, 0.1) is 0 Å². The second-order valence-corrected chi connectivity index (χ2v) is 8.11. The summed E-state index contributed by atoms with van der Waals surface area (Å²) in [5, 5.41) is 2.87. The molecular weight excluding hydrogens is 434 g/mol. The number of isocyanates is 2. The van der Waals surface area contributed by atoms with E-state index in [1.807, 2.05) is 0 Å². The quantitative estimate of drug-likeness (QED) is 0.141. The van der Waals surface area contributed by atoms with Crippen molar-refractivity contribution in [3.8, 4) is 0 Å². The third-order valence-corrected chi connectivity index (χ3v) is 5.32. The maximum Gasteiger partial charge on any atom is 0.324 e. The smallest absolute Gasteiger partial charge is 0.324 e. The van der Waals surface area contributed by atoms with Crippen LogP contribution < -0.4 is 5.32 Å². The summed E-state index contributed by atoms with van der Waals surface area (Å²) in [5.41, 5.74) is 0. The van der Waals surface area contributed by atoms with Gasteiger partial charge in [-0.05, 0) is 51.0 Å². The van der Waals surface area contributed by atoms with Crippen LogP contribution in [-0.2, 0) is 14.4 Å². The van der Waals surface area contributed by atoms with Crippen molar-refractivity contribution in [1.82, 2.24) is 10.2 Å². The number of rotatable bonds is 22. The SMILES string of the molecule is C=C=NCCCCCCCC(=O)N(CCCCCCN=C=O)C(=O)NCCCCCCN=C=O. The van der Waals surface area contributed by atoms with Crippen LogP contribution in [0.1, 0.15) is 89.9 Å². The molecule has 190 valence electrons. The molecule has 0 saturated heterocycles. The lowest BCUT2D eigenvalue weighted by Gasteiger charge is -2.21. The Hall–Kier alpha value is -2.85. The zero-order valence-corrected chi connectivity index (χ0v) is 20.6. The van der Waals surface area contributed by atoms with Crippen LogP contribution in [0.15, 0.2) is 21.6 Å². The molecule has 1 N–H and O–H groups in total. The molecular formula is C25H41N5O4. The molecule has 0 bridgehead atoms. The molecule has 0 unspecified atom stereocenters. The van der Waals surface area contributed by atoms with Crippen molar-refractivity contribution in [2.75, 3.05) is 32.7 Å². The Labute approximate surface area is 203 Å². The van der Waals surface area contributed by atoms with E-state index >= 15 is 0 Å². The zero-order chi connectivity index (χ0) is 25.1. The van der Waals surface area contributed by atoms with Gasteiger partial charge in [0.2, 0.25) is 18.1 Å². The summed E-state index contributed by atoms with van der Waals surface area (Å²) >= 11 is 0. The fourth-order valence-corrected chi connectivity index (χ4v) is 3.42. The second kappa shape index (κ2) is 24.8. The first-order chi connectivity index (χ1) is 16.7. The van der Waals surface area contributed by atoms with Crippen LogP contribution >= 0.6 is 0 Å². The first-order valence-corrected chi connectivity index (χ1v) is 12.5. The van der Waals surface area contributed by atoms with E-state index in [-0.39, 0.29) is 11.9 Å². The summed E-state index contributed by atoms with van der Waals surface area (Å²) in [6.07, 6.45) is 15.0. The van der Waals surface area contributed by atoms with Gasteiger partial charge in [0.25, 0.3) is 0 Å². The molecule has 0 aliphatic rings. The van der Waals surface area contributed by atoms with Gasteiger partial charge < -0.3 is 5.32 Å². The molecule has 0 aliphatic carbocycles. The Morgan fingerprint density at radius 2 is 1.18 bits per heavy atom. The molecule has 0 atom stereocenters. The maximum atomic E-state index is 12.7. The third kappa shape index (κ3) is 19.8. The second-order valence-electron chi connectivity index (χ2n) is 8.11. The van der Waals surface area contributed by atoms with Gasteiger partial charge in [0.1, 0.15) is 0 Å². The summed E-state index contributed by atoms with van der Waals surface area (Å²) in [5.74, 6) is 2.39. The van der Waals surface area contributed by atoms with Crippen molar-refractivity contribution in [2.24, 2.45) is 15.0 Å². The lowest BCUT2D eigenvalue weighted by atomic mass is 10.1. The van der Waals surface area contributed by atoms with Crippen molar-refractivity contribution in [3.05, 3.63) is 6.58 Å². The van der Waals surface area contributed by atoms with E-state index in [1.54, 1.807) is 0 Å². The Morgan fingerprint density at radius 3 is 1.76 bits per heavy atom. The van der Waals surface area contributed by atoms with Crippen LogP contribution in [0.3, 0.4) is 0 Å². The van der Waals surface area contributed by atoms with Gasteiger partial charge in [-0.1, -0.05) is 44.9 Å². The first kappa shape index (κ1) is 31.1. The van der Waals surface area contributed by atoms with E-state index in [1.165, 1.54) is 17.1 Å². The lowest BCUT2D eigenvalue weighted by molar-refractivity contribution is -0.128. The van der Waals surface area contributed by atoms with Gasteiger partial charge in [0.15, 0.2) is 0 Å². The Balaban J connectivity index is 4.35. The molecule has 9 nitrogen and oxygen atoms in total. The number of hydrogen-bond acceptors (Lipinski definition) is 7. The molecule has 3 amide bonds. The van der Waals surface area contributed by atoms with Crippen LogP contribution in [0.2, 0.25) is 0 Å². The van der Waals surface area contributed by atoms with Crippen molar-refractivity contribution in [2.45, 2.75) is 89.9 Å². The topological polar surface area (TPSA) is 121 Å². The van der Waals surface area contributed by atoms with Gasteiger partial charge in [-0.25, -0.2) is 29.4 Å². The van der Waals surface area contributed by atoms with E-state index in [0.717, 1.165) is 90.0 Å². The van der Waals surface area contributed by atoms with Crippen LogP contribution in [0.5, 0.6) is 0 Å². The molecule has 9 heteroatoms. The summed E-state index contributed by atoms with van der Waals surface area (Å²) in [4.78, 5) is 57.9. The fraction of sp³-hybridized carbons (Fsp3) is 0.760. The Kier molecular flexibility index (Phi) is 22.7. The third-order valence-electron chi connectivity index (χ3n) is 5.32.